The van der Waals surface area contributed by atoms with E-state index in [9.17, 15) is 0 Å². The highest BCUT2D eigenvalue weighted by Gasteiger charge is 1.93. The summed E-state index contributed by atoms with van der Waals surface area (Å²) in [4.78, 5) is 0. The lowest BCUT2D eigenvalue weighted by Gasteiger charge is -2.06. The fraction of sp³-hybridized carbons (Fsp3) is 1.00. The summed E-state index contributed by atoms with van der Waals surface area (Å²) < 4.78 is 5.18. The van der Waals surface area contributed by atoms with Crippen LogP contribution in [0.4, 0.5) is 0 Å². The largest absolute Gasteiger partial charge is 0.392 e. The number of hydrogen-bond donors (Lipinski definition) is 2. The summed E-state index contributed by atoms with van der Waals surface area (Å²) in [7, 11) is 0. The molecule has 12 heavy (non-hydrogen) atoms. The zero-order valence-electron chi connectivity index (χ0n) is 8.18. The van der Waals surface area contributed by atoms with Crippen molar-refractivity contribution >= 4 is 0 Å². The van der Waals surface area contributed by atoms with Crippen LogP contribution in [0.15, 0.2) is 0 Å². The number of rotatable bonds is 8. The Morgan fingerprint density at radius 1 is 1.42 bits per heavy atom. The number of unbranched alkanes of at least 4 members (excludes halogenated alkanes) is 1. The van der Waals surface area contributed by atoms with E-state index in [1.807, 2.05) is 6.92 Å². The van der Waals surface area contributed by atoms with E-state index in [0.717, 1.165) is 32.6 Å². The van der Waals surface area contributed by atoms with E-state index < -0.39 is 0 Å². The molecule has 0 amide bonds. The molecule has 3 nitrogen and oxygen atoms in total. The zero-order chi connectivity index (χ0) is 9.23. The molecule has 0 spiro atoms. The highest BCUT2D eigenvalue weighted by molar-refractivity contribution is 4.52. The maximum Gasteiger partial charge on any atom is 0.0636 e. The molecule has 3 heteroatoms. The highest BCUT2D eigenvalue weighted by atomic mass is 16.5. The molecule has 0 aliphatic rings. The summed E-state index contributed by atoms with van der Waals surface area (Å²) in [5, 5.41) is 12.1. The van der Waals surface area contributed by atoms with E-state index in [0.29, 0.717) is 6.54 Å². The topological polar surface area (TPSA) is 41.5 Å². The van der Waals surface area contributed by atoms with Gasteiger partial charge in [0, 0.05) is 19.8 Å². The fourth-order valence-electron chi connectivity index (χ4n) is 0.909. The molecule has 2 N–H and O–H groups in total. The Morgan fingerprint density at radius 3 is 2.75 bits per heavy atom. The summed E-state index contributed by atoms with van der Waals surface area (Å²) in [6.45, 7) is 7.11. The molecule has 74 valence electrons. The molecular formula is C9H21NO2. The van der Waals surface area contributed by atoms with Gasteiger partial charge in [-0.25, -0.2) is 0 Å². The molecule has 0 aromatic carbocycles. The van der Waals surface area contributed by atoms with Gasteiger partial charge in [0.15, 0.2) is 0 Å². The Bertz CT molecular complexity index is 86.6. The Hall–Kier alpha value is -0.120. The van der Waals surface area contributed by atoms with Crippen molar-refractivity contribution in [2.24, 2.45) is 0 Å². The van der Waals surface area contributed by atoms with Gasteiger partial charge in [0.1, 0.15) is 0 Å². The average molecular weight is 175 g/mol. The number of aliphatic hydroxyl groups is 1. The quantitative estimate of drug-likeness (QED) is 0.535. The van der Waals surface area contributed by atoms with Crippen LogP contribution in [-0.2, 0) is 4.74 Å². The predicted molar refractivity (Wildman–Crippen MR) is 50.3 cm³/mol. The third-order valence-electron chi connectivity index (χ3n) is 1.54. The Kier molecular flexibility index (Phi) is 8.88. The van der Waals surface area contributed by atoms with Crippen molar-refractivity contribution < 1.29 is 9.84 Å². The number of ether oxygens (including phenoxy) is 1. The van der Waals surface area contributed by atoms with E-state index in [4.69, 9.17) is 9.84 Å². The van der Waals surface area contributed by atoms with E-state index >= 15 is 0 Å². The third-order valence-corrected chi connectivity index (χ3v) is 1.54. The Morgan fingerprint density at radius 2 is 2.17 bits per heavy atom. The zero-order valence-corrected chi connectivity index (χ0v) is 8.18. The van der Waals surface area contributed by atoms with Gasteiger partial charge in [-0.05, 0) is 33.2 Å². The number of hydrogen-bond acceptors (Lipinski definition) is 3. The number of aliphatic hydroxyl groups excluding tert-OH is 1. The Labute approximate surface area is 75.1 Å². The van der Waals surface area contributed by atoms with E-state index in [2.05, 4.69) is 5.32 Å². The van der Waals surface area contributed by atoms with Crippen LogP contribution in [-0.4, -0.2) is 37.5 Å². The van der Waals surface area contributed by atoms with Crippen LogP contribution in [0.3, 0.4) is 0 Å². The van der Waals surface area contributed by atoms with Crippen molar-refractivity contribution in [1.82, 2.24) is 5.32 Å². The van der Waals surface area contributed by atoms with Crippen LogP contribution >= 0.6 is 0 Å². The molecule has 1 atom stereocenters. The number of nitrogens with one attached hydrogen (secondary N) is 1. The summed E-state index contributed by atoms with van der Waals surface area (Å²) >= 11 is 0. The summed E-state index contributed by atoms with van der Waals surface area (Å²) in [6.07, 6.45) is 1.98. The van der Waals surface area contributed by atoms with Crippen molar-refractivity contribution in [3.63, 3.8) is 0 Å². The second kappa shape index (κ2) is 8.97. The first kappa shape index (κ1) is 11.9. The minimum absolute atomic E-state index is 0.239. The van der Waals surface area contributed by atoms with Crippen LogP contribution < -0.4 is 5.32 Å². The molecule has 0 aromatic rings. The molecule has 0 saturated carbocycles. The first-order valence-corrected chi connectivity index (χ1v) is 4.74. The van der Waals surface area contributed by atoms with Gasteiger partial charge in [0.25, 0.3) is 0 Å². The minimum Gasteiger partial charge on any atom is -0.392 e. The first-order valence-electron chi connectivity index (χ1n) is 4.74. The van der Waals surface area contributed by atoms with E-state index in [1.54, 1.807) is 6.92 Å². The van der Waals surface area contributed by atoms with Crippen molar-refractivity contribution in [2.75, 3.05) is 26.3 Å². The fourth-order valence-corrected chi connectivity index (χ4v) is 0.909. The van der Waals surface area contributed by atoms with Crippen LogP contribution in [0.2, 0.25) is 0 Å². The van der Waals surface area contributed by atoms with Crippen molar-refractivity contribution in [1.29, 1.82) is 0 Å². The molecule has 0 aliphatic heterocycles. The van der Waals surface area contributed by atoms with Gasteiger partial charge < -0.3 is 15.2 Å². The van der Waals surface area contributed by atoms with Gasteiger partial charge in [0.2, 0.25) is 0 Å². The lowest BCUT2D eigenvalue weighted by atomic mass is 10.3. The van der Waals surface area contributed by atoms with Crippen molar-refractivity contribution in [2.45, 2.75) is 32.8 Å². The Balaban J connectivity index is 2.82. The van der Waals surface area contributed by atoms with Gasteiger partial charge in [-0.1, -0.05) is 0 Å². The molecule has 0 aliphatic carbocycles. The van der Waals surface area contributed by atoms with Gasteiger partial charge in [-0.2, -0.15) is 0 Å². The lowest BCUT2D eigenvalue weighted by Crippen LogP contribution is -2.25. The standard InChI is InChI=1S/C9H21NO2/c1-3-12-7-5-4-6-10-8-9(2)11/h9-11H,3-8H2,1-2H3. The smallest absolute Gasteiger partial charge is 0.0636 e. The second-order valence-electron chi connectivity index (χ2n) is 2.96. The van der Waals surface area contributed by atoms with E-state index in [1.165, 1.54) is 0 Å². The minimum atomic E-state index is -0.239. The maximum atomic E-state index is 8.91. The molecule has 0 fully saturated rings. The van der Waals surface area contributed by atoms with Gasteiger partial charge in [-0.15, -0.1) is 0 Å². The van der Waals surface area contributed by atoms with Crippen molar-refractivity contribution in [3.05, 3.63) is 0 Å². The molecule has 0 radical (unpaired) electrons. The van der Waals surface area contributed by atoms with E-state index in [-0.39, 0.29) is 6.10 Å². The van der Waals surface area contributed by atoms with Crippen LogP contribution in [0, 0.1) is 0 Å². The summed E-state index contributed by atoms with van der Waals surface area (Å²) in [5.41, 5.74) is 0. The monoisotopic (exact) mass is 175 g/mol. The average Bonchev–Trinajstić information content (AvgIpc) is 2.02. The predicted octanol–water partition coefficient (Wildman–Crippen LogP) is 0.774. The van der Waals surface area contributed by atoms with Gasteiger partial charge in [0.05, 0.1) is 6.10 Å². The first-order chi connectivity index (χ1) is 5.77. The molecule has 0 bridgehead atoms. The van der Waals surface area contributed by atoms with Crippen molar-refractivity contribution in [3.8, 4) is 0 Å². The SMILES string of the molecule is CCOCCCCNCC(C)O. The molecular weight excluding hydrogens is 154 g/mol. The summed E-state index contributed by atoms with van der Waals surface area (Å²) in [5.74, 6) is 0. The van der Waals surface area contributed by atoms with Crippen LogP contribution in [0.1, 0.15) is 26.7 Å². The molecule has 0 saturated heterocycles. The highest BCUT2D eigenvalue weighted by Crippen LogP contribution is 1.88. The molecule has 0 aromatic heterocycles. The van der Waals surface area contributed by atoms with Crippen LogP contribution in [0.25, 0.3) is 0 Å². The maximum absolute atomic E-state index is 8.91. The van der Waals surface area contributed by atoms with Crippen LogP contribution in [0.5, 0.6) is 0 Å². The lowest BCUT2D eigenvalue weighted by molar-refractivity contribution is 0.142. The molecule has 0 rings (SSSR count). The van der Waals surface area contributed by atoms with Gasteiger partial charge >= 0.3 is 0 Å². The van der Waals surface area contributed by atoms with Gasteiger partial charge in [-0.3, -0.25) is 0 Å². The third kappa shape index (κ3) is 9.88. The molecule has 0 heterocycles. The summed E-state index contributed by atoms with van der Waals surface area (Å²) in [6, 6.07) is 0. The molecule has 1 unspecified atom stereocenters. The second-order valence-corrected chi connectivity index (χ2v) is 2.96. The normalized spacial score (nSPS) is 13.2.